The number of hydrogen-bond acceptors (Lipinski definition) is 21. The number of aliphatic hydroxyl groups excluding tert-OH is 8. The number of Topliss-reactive ketones (excluding diaryl/α,β-unsaturated/α-hetero) is 1. The van der Waals surface area contributed by atoms with Crippen molar-refractivity contribution >= 4 is 31.5 Å². The third kappa shape index (κ3) is 40.8. The van der Waals surface area contributed by atoms with Crippen LogP contribution in [0.25, 0.3) is 0 Å². The third-order valence-electron chi connectivity index (χ3n) is 14.8. The van der Waals surface area contributed by atoms with E-state index in [1.807, 2.05) is 0 Å². The van der Waals surface area contributed by atoms with E-state index >= 15 is 0 Å². The fraction of sp³-hybridized carbons (Fsp3) is 0.933. The predicted molar refractivity (Wildman–Crippen MR) is 311 cm³/mol. The molecule has 9 N–H and O–H groups in total. The Morgan fingerprint density at radius 2 is 0.940 bits per heavy atom. The molecule has 83 heavy (non-hydrogen) atoms. The second-order valence-electron chi connectivity index (χ2n) is 22.3. The summed E-state index contributed by atoms with van der Waals surface area (Å²) in [6.07, 6.45) is 17.4. The first kappa shape index (κ1) is 78.8. The highest BCUT2D eigenvalue weighted by atomic mass is 31.2. The summed E-state index contributed by atoms with van der Waals surface area (Å²) in [4.78, 5) is 61.0. The zero-order chi connectivity index (χ0) is 61.4. The molecule has 0 amide bonds. The van der Waals surface area contributed by atoms with E-state index in [9.17, 15) is 69.5 Å². The molecule has 1 fully saturated rings. The Morgan fingerprint density at radius 1 is 0.494 bits per heavy atom. The number of aliphatic hydroxyl groups is 8. The van der Waals surface area contributed by atoms with E-state index in [1.54, 1.807) is 0 Å². The van der Waals surface area contributed by atoms with Crippen molar-refractivity contribution < 1.29 is 107 Å². The van der Waals surface area contributed by atoms with Gasteiger partial charge in [0.25, 0.3) is 0 Å². The number of carbonyl (C=O) groups is 4. The first-order chi connectivity index (χ1) is 40.0. The normalized spacial score (nSPS) is 19.8. The maximum absolute atomic E-state index is 12.9. The summed E-state index contributed by atoms with van der Waals surface area (Å²) in [6.45, 7) is 1.02. The van der Waals surface area contributed by atoms with E-state index in [0.717, 1.165) is 38.5 Å². The molecule has 1 rings (SSSR count). The van der Waals surface area contributed by atoms with Gasteiger partial charge in [-0.2, -0.15) is 0 Å². The van der Waals surface area contributed by atoms with Crippen LogP contribution in [-0.2, 0) is 61.2 Å². The highest BCUT2D eigenvalue weighted by Crippen LogP contribution is 2.43. The number of carbonyl (C=O) groups excluding carboxylic acids is 4. The number of esters is 3. The van der Waals surface area contributed by atoms with Gasteiger partial charge in [0.15, 0.2) is 18.2 Å². The Labute approximate surface area is 496 Å². The lowest BCUT2D eigenvalue weighted by Gasteiger charge is -2.42. The van der Waals surface area contributed by atoms with E-state index in [2.05, 4.69) is 13.8 Å². The van der Waals surface area contributed by atoms with Gasteiger partial charge in [0.1, 0.15) is 62.0 Å². The van der Waals surface area contributed by atoms with Crippen molar-refractivity contribution in [2.45, 2.75) is 306 Å². The van der Waals surface area contributed by atoms with Gasteiger partial charge in [-0.1, -0.05) is 194 Å². The molecule has 0 spiro atoms. The van der Waals surface area contributed by atoms with Gasteiger partial charge in [-0.25, -0.2) is 4.57 Å². The first-order valence-electron chi connectivity index (χ1n) is 31.9. The smallest absolute Gasteiger partial charge is 0.463 e. The molecule has 1 aliphatic rings. The molecule has 23 heteroatoms. The molecule has 0 bridgehead atoms. The number of phosphoric acid groups is 1. The molecule has 22 nitrogen and oxygen atoms in total. The summed E-state index contributed by atoms with van der Waals surface area (Å²) in [5.74, 6) is -2.59. The van der Waals surface area contributed by atoms with Gasteiger partial charge >= 0.3 is 25.7 Å². The van der Waals surface area contributed by atoms with Crippen molar-refractivity contribution in [1.29, 1.82) is 0 Å². The van der Waals surface area contributed by atoms with Gasteiger partial charge < -0.3 is 74.2 Å². The van der Waals surface area contributed by atoms with Crippen LogP contribution < -0.4 is 0 Å². The van der Waals surface area contributed by atoms with Crippen LogP contribution in [-0.4, -0.2) is 184 Å². The molecule has 490 valence electrons. The summed E-state index contributed by atoms with van der Waals surface area (Å²) in [5, 5.41) is 80.7. The number of ketones is 1. The van der Waals surface area contributed by atoms with Crippen molar-refractivity contribution in [3.05, 3.63) is 0 Å². The van der Waals surface area contributed by atoms with Crippen LogP contribution >= 0.6 is 7.82 Å². The number of unbranched alkanes of at least 4 members (excludes halogenated alkanes) is 28. The molecule has 0 aliphatic carbocycles. The Bertz CT molecular complexity index is 1640. The summed E-state index contributed by atoms with van der Waals surface area (Å²) in [7, 11) is -4.70. The van der Waals surface area contributed by atoms with Gasteiger partial charge in [0.2, 0.25) is 0 Å². The van der Waals surface area contributed by atoms with E-state index in [0.29, 0.717) is 12.8 Å². The second kappa shape index (κ2) is 51.8. The average molecular weight is 1220 g/mol. The number of phosphoric ester groups is 1. The van der Waals surface area contributed by atoms with Gasteiger partial charge in [-0.3, -0.25) is 28.2 Å². The quantitative estimate of drug-likeness (QED) is 0.0120. The molecule has 0 radical (unpaired) electrons. The standard InChI is InChI=1S/C60H113O22P/c1-3-5-7-9-11-13-15-17-19-21-23-25-27-29-31-36-52(66)77-45-47(80-53(67)37-32-30-28-26-24-22-20-18-16-14-12-10-8-6-4-2)46-79-83(73,74)78-40-34-38-51(65)76-42-41-75-39-33-35-48(63)54(68)57(71)59(49(64)43-61)82-60-58(72)56(70)55(69)50(44-62)81-60/h47,49-50,54-62,64,68-72H,3-46H2,1-2H3,(H,73,74)/t47-,49-,50?,54+,55?,56?,57-,58?,59-,60?/m1/s1. The highest BCUT2D eigenvalue weighted by molar-refractivity contribution is 7.47. The molecule has 6 unspecified atom stereocenters. The SMILES string of the molecule is CCCCCCCCCCCCCCCCCC(=O)OC[C@H](COP(=O)(O)OCCCC(=O)OCCOCCCC(=O)[C@H](O)[C@@H](O)[C@H](OC1OC(CO)C(O)C(O)C1O)[C@H](O)CO)OC(=O)CCCCCCCCCCCCCCCCC. The molecular formula is C60H113O22P. The molecule has 11 atom stereocenters. The third-order valence-corrected chi connectivity index (χ3v) is 15.8. The van der Waals surface area contributed by atoms with Crippen LogP contribution in [0, 0.1) is 0 Å². The van der Waals surface area contributed by atoms with Crippen LogP contribution in [0.5, 0.6) is 0 Å². The zero-order valence-electron chi connectivity index (χ0n) is 50.7. The van der Waals surface area contributed by atoms with E-state index < -0.39 is 113 Å². The molecule has 0 aromatic carbocycles. The van der Waals surface area contributed by atoms with Crippen molar-refractivity contribution in [2.75, 3.05) is 52.9 Å². The minimum Gasteiger partial charge on any atom is -0.463 e. The van der Waals surface area contributed by atoms with Crippen LogP contribution in [0.2, 0.25) is 0 Å². The first-order valence-corrected chi connectivity index (χ1v) is 33.3. The molecular weight excluding hydrogens is 1100 g/mol. The Balaban J connectivity index is 2.46. The van der Waals surface area contributed by atoms with Crippen molar-refractivity contribution in [3.63, 3.8) is 0 Å². The Morgan fingerprint density at radius 3 is 1.42 bits per heavy atom. The lowest BCUT2D eigenvalue weighted by molar-refractivity contribution is -0.326. The Hall–Kier alpha value is -2.25. The monoisotopic (exact) mass is 1220 g/mol. The van der Waals surface area contributed by atoms with E-state index in [4.69, 9.17) is 37.5 Å². The van der Waals surface area contributed by atoms with Crippen LogP contribution in [0.4, 0.5) is 0 Å². The number of rotatable bonds is 58. The highest BCUT2D eigenvalue weighted by Gasteiger charge is 2.47. The number of hydrogen-bond donors (Lipinski definition) is 9. The lowest BCUT2D eigenvalue weighted by atomic mass is 9.96. The fourth-order valence-corrected chi connectivity index (χ4v) is 10.4. The molecule has 1 saturated heterocycles. The summed E-state index contributed by atoms with van der Waals surface area (Å²) in [6, 6.07) is 0. The van der Waals surface area contributed by atoms with Crippen LogP contribution in [0.1, 0.15) is 245 Å². The van der Waals surface area contributed by atoms with E-state index in [1.165, 1.54) is 141 Å². The summed E-state index contributed by atoms with van der Waals surface area (Å²) >= 11 is 0. The molecule has 0 aromatic heterocycles. The van der Waals surface area contributed by atoms with Gasteiger partial charge in [0, 0.05) is 32.3 Å². The van der Waals surface area contributed by atoms with Gasteiger partial charge in [0.05, 0.1) is 33.0 Å². The van der Waals surface area contributed by atoms with Gasteiger partial charge in [-0.15, -0.1) is 0 Å². The Kier molecular flexibility index (Phi) is 49.1. The molecule has 0 aromatic rings. The zero-order valence-corrected chi connectivity index (χ0v) is 51.6. The fourth-order valence-electron chi connectivity index (χ4n) is 9.60. The second-order valence-corrected chi connectivity index (χ2v) is 23.7. The van der Waals surface area contributed by atoms with Crippen molar-refractivity contribution in [2.24, 2.45) is 0 Å². The predicted octanol–water partition coefficient (Wildman–Crippen LogP) is 8.05. The average Bonchev–Trinajstić information content (AvgIpc) is 3.56. The molecule has 1 heterocycles. The minimum atomic E-state index is -4.70. The number of ether oxygens (including phenoxy) is 6. The van der Waals surface area contributed by atoms with Crippen molar-refractivity contribution in [3.8, 4) is 0 Å². The molecule has 0 saturated carbocycles. The summed E-state index contributed by atoms with van der Waals surface area (Å²) < 4.78 is 55.0. The lowest BCUT2D eigenvalue weighted by Crippen LogP contribution is -2.61. The topological polar surface area (TPSA) is 341 Å². The maximum atomic E-state index is 12.9. The largest absolute Gasteiger partial charge is 0.472 e. The van der Waals surface area contributed by atoms with Crippen molar-refractivity contribution in [1.82, 2.24) is 0 Å². The van der Waals surface area contributed by atoms with Crippen LogP contribution in [0.3, 0.4) is 0 Å². The van der Waals surface area contributed by atoms with Crippen LogP contribution in [0.15, 0.2) is 0 Å². The minimum absolute atomic E-state index is 0.0256. The summed E-state index contributed by atoms with van der Waals surface area (Å²) in [5.41, 5.74) is 0. The van der Waals surface area contributed by atoms with Gasteiger partial charge in [-0.05, 0) is 25.7 Å². The maximum Gasteiger partial charge on any atom is 0.472 e. The molecule has 1 aliphatic heterocycles. The van der Waals surface area contributed by atoms with E-state index in [-0.39, 0.29) is 71.6 Å².